The lowest BCUT2D eigenvalue weighted by atomic mass is 9.87. The number of carbonyl (C=O) groups is 1. The van der Waals surface area contributed by atoms with Crippen molar-refractivity contribution in [3.05, 3.63) is 41.5 Å². The smallest absolute Gasteiger partial charge is 0.414 e. The summed E-state index contributed by atoms with van der Waals surface area (Å²) in [6.45, 7) is 2.35. The fourth-order valence-corrected chi connectivity index (χ4v) is 3.42. The molecule has 25 heavy (non-hydrogen) atoms. The summed E-state index contributed by atoms with van der Waals surface area (Å²) in [5, 5.41) is 16.3. The molecule has 1 aromatic carbocycles. The molecule has 3 N–H and O–H groups in total. The van der Waals surface area contributed by atoms with Crippen LogP contribution < -0.4 is 15.4 Å². The highest BCUT2D eigenvalue weighted by atomic mass is 35.5. The molecule has 1 aromatic heterocycles. The van der Waals surface area contributed by atoms with Crippen LogP contribution in [0, 0.1) is 0 Å². The van der Waals surface area contributed by atoms with Gasteiger partial charge in [-0.2, -0.15) is 0 Å². The quantitative estimate of drug-likeness (QED) is 0.766. The molecule has 0 aliphatic carbocycles. The zero-order valence-corrected chi connectivity index (χ0v) is 14.4. The van der Waals surface area contributed by atoms with Gasteiger partial charge in [-0.3, -0.25) is 0 Å². The van der Waals surface area contributed by atoms with Crippen molar-refractivity contribution in [2.75, 3.05) is 13.1 Å². The summed E-state index contributed by atoms with van der Waals surface area (Å²) >= 11 is 0. The van der Waals surface area contributed by atoms with E-state index in [1.807, 2.05) is 18.2 Å². The minimum absolute atomic E-state index is 0. The number of hydrogen-bond acceptors (Lipinski definition) is 5. The Morgan fingerprint density at radius 3 is 2.88 bits per heavy atom. The number of nitrogens with zero attached hydrogens (tertiary/aromatic N) is 1. The second kappa shape index (κ2) is 7.29. The zero-order chi connectivity index (χ0) is 16.5. The van der Waals surface area contributed by atoms with Crippen molar-refractivity contribution in [1.29, 1.82) is 0 Å². The summed E-state index contributed by atoms with van der Waals surface area (Å²) in [6, 6.07) is 9.09. The van der Waals surface area contributed by atoms with Crippen LogP contribution in [0.1, 0.15) is 29.9 Å². The highest BCUT2D eigenvalue weighted by molar-refractivity contribution is 5.85. The summed E-state index contributed by atoms with van der Waals surface area (Å²) in [4.78, 5) is 16.1. The molecular weight excluding hydrogens is 342 g/mol. The maximum absolute atomic E-state index is 11.6. The molecule has 4 rings (SSSR count). The van der Waals surface area contributed by atoms with E-state index in [-0.39, 0.29) is 18.2 Å². The van der Waals surface area contributed by atoms with Gasteiger partial charge in [0.1, 0.15) is 5.75 Å². The first-order valence-electron chi connectivity index (χ1n) is 8.21. The van der Waals surface area contributed by atoms with Crippen LogP contribution in [0.15, 0.2) is 30.3 Å². The lowest BCUT2D eigenvalue weighted by molar-refractivity contribution is 0.192. The number of ether oxygens (including phenoxy) is 1. The number of halogens is 1. The van der Waals surface area contributed by atoms with E-state index in [2.05, 4.69) is 15.6 Å². The maximum atomic E-state index is 11.6. The topological polar surface area (TPSA) is 83.5 Å². The van der Waals surface area contributed by atoms with E-state index < -0.39 is 6.09 Å². The third-order valence-corrected chi connectivity index (χ3v) is 4.64. The van der Waals surface area contributed by atoms with Gasteiger partial charge in [0.25, 0.3) is 0 Å². The van der Waals surface area contributed by atoms with Gasteiger partial charge in [-0.15, -0.1) is 12.4 Å². The number of aromatic nitrogens is 1. The van der Waals surface area contributed by atoms with E-state index in [1.54, 1.807) is 12.1 Å². The molecule has 132 valence electrons. The number of aromatic hydroxyl groups is 1. The maximum Gasteiger partial charge on any atom is 0.414 e. The fraction of sp³-hybridized carbons (Fsp3) is 0.333. The molecule has 6 nitrogen and oxygen atoms in total. The van der Waals surface area contributed by atoms with Gasteiger partial charge in [0.2, 0.25) is 5.88 Å². The van der Waals surface area contributed by atoms with Gasteiger partial charge in [-0.1, -0.05) is 12.1 Å². The normalized spacial score (nSPS) is 19.2. The Morgan fingerprint density at radius 2 is 2.12 bits per heavy atom. The highest BCUT2D eigenvalue weighted by Gasteiger charge is 2.27. The lowest BCUT2D eigenvalue weighted by Gasteiger charge is -2.28. The van der Waals surface area contributed by atoms with Crippen molar-refractivity contribution < 1.29 is 14.6 Å². The van der Waals surface area contributed by atoms with Gasteiger partial charge in [0.15, 0.2) is 0 Å². The standard InChI is InChI=1S/C18H19N3O3.ClH/c22-16-6-2-1-5-12(16)15-8-13(11-4-3-7-19-9-11)14-10-20-18(23)24-17(14)21-15;/h1-2,5-6,8,11,19,22H,3-4,7,9-10H2,(H,20,23);1H. The minimum Gasteiger partial charge on any atom is -0.507 e. The molecule has 1 atom stereocenters. The fourth-order valence-electron chi connectivity index (χ4n) is 3.42. The number of phenols is 1. The molecule has 3 heterocycles. The summed E-state index contributed by atoms with van der Waals surface area (Å²) in [7, 11) is 0. The van der Waals surface area contributed by atoms with Crippen LogP contribution >= 0.6 is 12.4 Å². The number of fused-ring (bicyclic) bond motifs is 1. The number of nitrogens with one attached hydrogen (secondary N) is 2. The predicted molar refractivity (Wildman–Crippen MR) is 96.3 cm³/mol. The van der Waals surface area contributed by atoms with Gasteiger partial charge in [0, 0.05) is 17.7 Å². The van der Waals surface area contributed by atoms with Crippen LogP contribution in [0.3, 0.4) is 0 Å². The van der Waals surface area contributed by atoms with Crippen LogP contribution in [-0.2, 0) is 6.54 Å². The van der Waals surface area contributed by atoms with Gasteiger partial charge in [-0.05, 0) is 49.1 Å². The Hall–Kier alpha value is -2.31. The molecule has 0 spiro atoms. The summed E-state index contributed by atoms with van der Waals surface area (Å²) in [6.07, 6.45) is 1.70. The summed E-state index contributed by atoms with van der Waals surface area (Å²) in [5.74, 6) is 0.858. The van der Waals surface area contributed by atoms with Crippen LogP contribution in [0.2, 0.25) is 0 Å². The van der Waals surface area contributed by atoms with E-state index in [4.69, 9.17) is 4.74 Å². The Balaban J connectivity index is 0.00000182. The molecule has 1 fully saturated rings. The molecule has 7 heteroatoms. The van der Waals surface area contributed by atoms with Crippen molar-refractivity contribution in [3.63, 3.8) is 0 Å². The zero-order valence-electron chi connectivity index (χ0n) is 13.6. The van der Waals surface area contributed by atoms with E-state index >= 15 is 0 Å². The molecule has 0 bridgehead atoms. The number of hydrogen-bond donors (Lipinski definition) is 3. The number of para-hydroxylation sites is 1. The average molecular weight is 362 g/mol. The first-order valence-corrected chi connectivity index (χ1v) is 8.21. The number of benzene rings is 1. The van der Waals surface area contributed by atoms with Crippen LogP contribution in [0.4, 0.5) is 4.79 Å². The van der Waals surface area contributed by atoms with E-state index in [0.717, 1.165) is 37.1 Å². The number of phenolic OH excluding ortho intramolecular Hbond substituents is 1. The second-order valence-electron chi connectivity index (χ2n) is 6.18. The number of pyridine rings is 1. The molecular formula is C18H20ClN3O3. The van der Waals surface area contributed by atoms with Crippen LogP contribution in [0.25, 0.3) is 11.3 Å². The molecule has 2 aromatic rings. The van der Waals surface area contributed by atoms with E-state index in [9.17, 15) is 9.90 Å². The Morgan fingerprint density at radius 1 is 1.28 bits per heavy atom. The molecule has 2 aliphatic rings. The number of carbonyl (C=O) groups excluding carboxylic acids is 1. The molecule has 2 aliphatic heterocycles. The van der Waals surface area contributed by atoms with Gasteiger partial charge >= 0.3 is 6.09 Å². The Kier molecular flexibility index (Phi) is 5.11. The lowest BCUT2D eigenvalue weighted by Crippen LogP contribution is -2.34. The summed E-state index contributed by atoms with van der Waals surface area (Å²) < 4.78 is 5.30. The summed E-state index contributed by atoms with van der Waals surface area (Å²) in [5.41, 5.74) is 3.33. The molecule has 1 saturated heterocycles. The number of piperidine rings is 1. The first-order chi connectivity index (χ1) is 11.7. The van der Waals surface area contributed by atoms with Gasteiger partial charge in [-0.25, -0.2) is 9.78 Å². The average Bonchev–Trinajstić information content (AvgIpc) is 2.61. The van der Waals surface area contributed by atoms with Crippen molar-refractivity contribution in [3.8, 4) is 22.9 Å². The second-order valence-corrected chi connectivity index (χ2v) is 6.18. The third kappa shape index (κ3) is 3.41. The SMILES string of the molecule is Cl.O=C1NCc2c(C3CCCNC3)cc(-c3ccccc3O)nc2O1. The van der Waals surface area contributed by atoms with Gasteiger partial charge < -0.3 is 20.5 Å². The van der Waals surface area contributed by atoms with Crippen LogP contribution in [0.5, 0.6) is 11.6 Å². The van der Waals surface area contributed by atoms with Crippen molar-refractivity contribution in [2.24, 2.45) is 0 Å². The number of rotatable bonds is 2. The Bertz CT molecular complexity index is 791. The third-order valence-electron chi connectivity index (χ3n) is 4.64. The Labute approximate surface area is 152 Å². The molecule has 0 radical (unpaired) electrons. The highest BCUT2D eigenvalue weighted by Crippen LogP contribution is 2.37. The van der Waals surface area contributed by atoms with E-state index in [0.29, 0.717) is 29.6 Å². The monoisotopic (exact) mass is 361 g/mol. The first kappa shape index (κ1) is 17.5. The number of amides is 1. The van der Waals surface area contributed by atoms with Crippen molar-refractivity contribution in [1.82, 2.24) is 15.6 Å². The van der Waals surface area contributed by atoms with Crippen molar-refractivity contribution >= 4 is 18.5 Å². The molecule has 0 saturated carbocycles. The molecule has 1 amide bonds. The van der Waals surface area contributed by atoms with Crippen LogP contribution in [-0.4, -0.2) is 29.3 Å². The minimum atomic E-state index is -0.489. The van der Waals surface area contributed by atoms with Gasteiger partial charge in [0.05, 0.1) is 12.2 Å². The molecule has 1 unspecified atom stereocenters. The predicted octanol–water partition coefficient (Wildman–Crippen LogP) is 2.95. The van der Waals surface area contributed by atoms with Crippen molar-refractivity contribution in [2.45, 2.75) is 25.3 Å². The van der Waals surface area contributed by atoms with E-state index in [1.165, 1.54) is 0 Å². The largest absolute Gasteiger partial charge is 0.507 e.